The van der Waals surface area contributed by atoms with Crippen molar-refractivity contribution in [2.45, 2.75) is 32.0 Å². The zero-order valence-electron chi connectivity index (χ0n) is 15.1. The van der Waals surface area contributed by atoms with Gasteiger partial charge in [-0.25, -0.2) is 0 Å². The summed E-state index contributed by atoms with van der Waals surface area (Å²) in [5.74, 6) is -0.668. The summed E-state index contributed by atoms with van der Waals surface area (Å²) in [5, 5.41) is 2.94. The van der Waals surface area contributed by atoms with E-state index in [-0.39, 0.29) is 24.1 Å². The molecule has 27 heavy (non-hydrogen) atoms. The Morgan fingerprint density at radius 2 is 1.78 bits per heavy atom. The Labute approximate surface area is 157 Å². The Morgan fingerprint density at radius 1 is 1.07 bits per heavy atom. The van der Waals surface area contributed by atoms with E-state index in [0.717, 1.165) is 5.56 Å². The predicted octanol–water partition coefficient (Wildman–Crippen LogP) is 2.30. The van der Waals surface area contributed by atoms with Crippen LogP contribution in [0.15, 0.2) is 54.6 Å². The summed E-state index contributed by atoms with van der Waals surface area (Å²) in [6, 6.07) is 16.6. The van der Waals surface area contributed by atoms with E-state index in [9.17, 15) is 14.4 Å². The van der Waals surface area contributed by atoms with Crippen LogP contribution in [0.2, 0.25) is 0 Å². The number of amides is 3. The van der Waals surface area contributed by atoms with Crippen molar-refractivity contribution in [3.63, 3.8) is 0 Å². The fourth-order valence-corrected chi connectivity index (χ4v) is 4.13. The molecular formula is C21H21N3O3. The second-order valence-electron chi connectivity index (χ2n) is 6.78. The molecule has 1 fully saturated rings. The van der Waals surface area contributed by atoms with Gasteiger partial charge in [-0.05, 0) is 24.6 Å². The third kappa shape index (κ3) is 2.51. The largest absolute Gasteiger partial charge is 0.348 e. The van der Waals surface area contributed by atoms with E-state index in [1.807, 2.05) is 37.3 Å². The normalized spacial score (nSPS) is 21.1. The van der Waals surface area contributed by atoms with Crippen molar-refractivity contribution in [3.05, 3.63) is 65.7 Å². The van der Waals surface area contributed by atoms with Crippen LogP contribution in [0.5, 0.6) is 0 Å². The van der Waals surface area contributed by atoms with Crippen molar-refractivity contribution in [1.29, 1.82) is 0 Å². The van der Waals surface area contributed by atoms with Crippen LogP contribution >= 0.6 is 0 Å². The Bertz CT molecular complexity index is 912. The molecule has 2 aromatic rings. The molecule has 1 atom stereocenters. The molecule has 0 spiro atoms. The van der Waals surface area contributed by atoms with E-state index in [4.69, 9.17) is 0 Å². The molecule has 2 aromatic carbocycles. The fraction of sp³-hybridized carbons (Fsp3) is 0.286. The van der Waals surface area contributed by atoms with Gasteiger partial charge in [-0.3, -0.25) is 19.3 Å². The number of rotatable bonds is 4. The Hall–Kier alpha value is -3.15. The molecule has 2 heterocycles. The number of benzene rings is 2. The van der Waals surface area contributed by atoms with Crippen molar-refractivity contribution in [1.82, 2.24) is 10.2 Å². The maximum absolute atomic E-state index is 13.3. The minimum Gasteiger partial charge on any atom is -0.348 e. The summed E-state index contributed by atoms with van der Waals surface area (Å²) in [7, 11) is 0. The first-order valence-electron chi connectivity index (χ1n) is 9.16. The number of fused-ring (bicyclic) bond motifs is 3. The molecule has 0 radical (unpaired) electrons. The van der Waals surface area contributed by atoms with Crippen LogP contribution in [-0.2, 0) is 16.1 Å². The molecule has 1 saturated heterocycles. The summed E-state index contributed by atoms with van der Waals surface area (Å²) in [6.07, 6.45) is 0.525. The number of likely N-dealkylation sites (N-methyl/N-ethyl adjacent to an activating group) is 1. The number of carbonyl (C=O) groups is 3. The third-order valence-corrected chi connectivity index (χ3v) is 5.35. The van der Waals surface area contributed by atoms with Gasteiger partial charge in [0.2, 0.25) is 11.6 Å². The van der Waals surface area contributed by atoms with E-state index in [1.54, 1.807) is 24.3 Å². The fourth-order valence-electron chi connectivity index (χ4n) is 4.13. The molecule has 6 nitrogen and oxygen atoms in total. The van der Waals surface area contributed by atoms with Crippen molar-refractivity contribution < 1.29 is 14.4 Å². The molecule has 0 aromatic heterocycles. The summed E-state index contributed by atoms with van der Waals surface area (Å²) in [4.78, 5) is 42.2. The van der Waals surface area contributed by atoms with Crippen molar-refractivity contribution in [3.8, 4) is 0 Å². The second kappa shape index (κ2) is 6.54. The third-order valence-electron chi connectivity index (χ3n) is 5.35. The molecule has 0 bridgehead atoms. The van der Waals surface area contributed by atoms with Gasteiger partial charge in [0.15, 0.2) is 0 Å². The Morgan fingerprint density at radius 3 is 2.52 bits per heavy atom. The molecule has 0 saturated carbocycles. The van der Waals surface area contributed by atoms with Crippen molar-refractivity contribution in [2.75, 3.05) is 11.4 Å². The maximum Gasteiger partial charge on any atom is 0.267 e. The standard InChI is InChI=1S/C21H21N3O3/c1-2-23-19(26)16-10-6-7-11-17(16)24-18(25)12-13-21(23,24)20(27)22-14-15-8-4-3-5-9-15/h3-11H,2,12-14H2,1H3,(H,22,27)/t21-/m0/s1. The van der Waals surface area contributed by atoms with Crippen molar-refractivity contribution >= 4 is 23.4 Å². The first-order chi connectivity index (χ1) is 13.1. The zero-order valence-corrected chi connectivity index (χ0v) is 15.1. The number of anilines is 1. The smallest absolute Gasteiger partial charge is 0.267 e. The average molecular weight is 363 g/mol. The van der Waals surface area contributed by atoms with Crippen LogP contribution in [0.3, 0.4) is 0 Å². The first kappa shape index (κ1) is 17.3. The van der Waals surface area contributed by atoms with Crippen molar-refractivity contribution in [2.24, 2.45) is 0 Å². The van der Waals surface area contributed by atoms with Crippen LogP contribution in [0, 0.1) is 0 Å². The molecule has 3 amide bonds. The summed E-state index contributed by atoms with van der Waals surface area (Å²) < 4.78 is 0. The SMILES string of the molecule is CCN1C(=O)c2ccccc2N2C(=O)CC[C@]12C(=O)NCc1ccccc1. The lowest BCUT2D eigenvalue weighted by atomic mass is 9.95. The van der Waals surface area contributed by atoms with Crippen LogP contribution < -0.4 is 10.2 Å². The summed E-state index contributed by atoms with van der Waals surface area (Å²) in [6.45, 7) is 2.52. The molecule has 0 unspecified atom stereocenters. The number of para-hydroxylation sites is 1. The summed E-state index contributed by atoms with van der Waals surface area (Å²) >= 11 is 0. The van der Waals surface area contributed by atoms with Gasteiger partial charge in [-0.15, -0.1) is 0 Å². The van der Waals surface area contributed by atoms with Gasteiger partial charge in [-0.1, -0.05) is 42.5 Å². The minimum atomic E-state index is -1.30. The lowest BCUT2D eigenvalue weighted by Crippen LogP contribution is -2.70. The van der Waals surface area contributed by atoms with E-state index in [1.165, 1.54) is 9.80 Å². The molecular weight excluding hydrogens is 342 g/mol. The highest BCUT2D eigenvalue weighted by atomic mass is 16.2. The number of carbonyl (C=O) groups excluding carboxylic acids is 3. The highest BCUT2D eigenvalue weighted by Crippen LogP contribution is 2.44. The number of nitrogens with one attached hydrogen (secondary N) is 1. The molecule has 2 aliphatic heterocycles. The molecule has 1 N–H and O–H groups in total. The Kier molecular flexibility index (Phi) is 4.18. The highest BCUT2D eigenvalue weighted by molar-refractivity contribution is 6.16. The minimum absolute atomic E-state index is 0.136. The van der Waals surface area contributed by atoms with Gasteiger partial charge in [0, 0.05) is 25.9 Å². The van der Waals surface area contributed by atoms with Crippen LogP contribution in [0.1, 0.15) is 35.7 Å². The second-order valence-corrected chi connectivity index (χ2v) is 6.78. The van der Waals surface area contributed by atoms with E-state index < -0.39 is 5.66 Å². The lowest BCUT2D eigenvalue weighted by Gasteiger charge is -2.48. The van der Waals surface area contributed by atoms with Crippen LogP contribution in [0.25, 0.3) is 0 Å². The molecule has 6 heteroatoms. The monoisotopic (exact) mass is 363 g/mol. The van der Waals surface area contributed by atoms with Gasteiger partial charge in [0.05, 0.1) is 11.3 Å². The quantitative estimate of drug-likeness (QED) is 0.906. The van der Waals surface area contributed by atoms with E-state index >= 15 is 0 Å². The van der Waals surface area contributed by atoms with Crippen LogP contribution in [-0.4, -0.2) is 34.8 Å². The number of nitrogens with zero attached hydrogens (tertiary/aromatic N) is 2. The van der Waals surface area contributed by atoms with Gasteiger partial charge < -0.3 is 10.2 Å². The highest BCUT2D eigenvalue weighted by Gasteiger charge is 2.60. The molecule has 4 rings (SSSR count). The molecule has 2 aliphatic rings. The molecule has 138 valence electrons. The van der Waals surface area contributed by atoms with Gasteiger partial charge >= 0.3 is 0 Å². The maximum atomic E-state index is 13.3. The Balaban J connectivity index is 1.75. The molecule has 0 aliphatic carbocycles. The van der Waals surface area contributed by atoms with E-state index in [0.29, 0.717) is 30.8 Å². The van der Waals surface area contributed by atoms with Crippen LogP contribution in [0.4, 0.5) is 5.69 Å². The zero-order chi connectivity index (χ0) is 19.0. The van der Waals surface area contributed by atoms with E-state index in [2.05, 4.69) is 5.32 Å². The van der Waals surface area contributed by atoms with Gasteiger partial charge in [0.1, 0.15) is 0 Å². The van der Waals surface area contributed by atoms with Gasteiger partial charge in [-0.2, -0.15) is 0 Å². The summed E-state index contributed by atoms with van der Waals surface area (Å²) in [5.41, 5.74) is 0.640. The lowest BCUT2D eigenvalue weighted by molar-refractivity contribution is -0.133. The topological polar surface area (TPSA) is 69.7 Å². The number of hydrogen-bond donors (Lipinski definition) is 1. The number of hydrogen-bond acceptors (Lipinski definition) is 3. The first-order valence-corrected chi connectivity index (χ1v) is 9.16. The average Bonchev–Trinajstić information content (AvgIpc) is 3.06. The predicted molar refractivity (Wildman–Crippen MR) is 101 cm³/mol. The van der Waals surface area contributed by atoms with Gasteiger partial charge in [0.25, 0.3) is 11.8 Å².